The lowest BCUT2D eigenvalue weighted by Gasteiger charge is -2.34. The van der Waals surface area contributed by atoms with E-state index in [1.165, 1.54) is 22.4 Å². The average molecular weight is 462 g/mol. The summed E-state index contributed by atoms with van der Waals surface area (Å²) in [4.78, 5) is 14.7. The lowest BCUT2D eigenvalue weighted by Crippen LogP contribution is -2.34. The Morgan fingerprint density at radius 3 is 2.21 bits per heavy atom. The van der Waals surface area contributed by atoms with Gasteiger partial charge in [-0.2, -0.15) is 0 Å². The molecule has 3 aromatic rings. The number of carbonyl (C=O) groups is 1. The molecule has 1 aliphatic heterocycles. The van der Waals surface area contributed by atoms with Crippen LogP contribution in [-0.2, 0) is 11.2 Å². The van der Waals surface area contributed by atoms with Crippen LogP contribution in [-0.4, -0.2) is 24.7 Å². The van der Waals surface area contributed by atoms with Gasteiger partial charge in [-0.25, -0.2) is 4.79 Å². The molecule has 0 saturated carbocycles. The molecular formula is C29H32ClNO2. The van der Waals surface area contributed by atoms with Crippen LogP contribution in [0.4, 0.5) is 5.69 Å². The van der Waals surface area contributed by atoms with E-state index in [0.717, 1.165) is 37.4 Å². The van der Waals surface area contributed by atoms with Crippen LogP contribution in [0.3, 0.4) is 0 Å². The standard InChI is InChI=1S/C29H32ClNO2/c1-29(2,3)33-28(32)23-10-14-26(15-11-23)31-18-16-21(17-19-31)20-24-6-4-5-7-27(24)22-8-12-25(30)13-9-22/h4-15,21H,16-20H2,1-3H3. The summed E-state index contributed by atoms with van der Waals surface area (Å²) in [7, 11) is 0. The second kappa shape index (κ2) is 10.0. The molecule has 0 aromatic heterocycles. The van der Waals surface area contributed by atoms with E-state index in [4.69, 9.17) is 16.3 Å². The van der Waals surface area contributed by atoms with Gasteiger partial charge in [0, 0.05) is 23.8 Å². The fourth-order valence-corrected chi connectivity index (χ4v) is 4.59. The van der Waals surface area contributed by atoms with E-state index in [0.29, 0.717) is 11.5 Å². The maximum Gasteiger partial charge on any atom is 0.338 e. The molecule has 0 bridgehead atoms. The molecule has 33 heavy (non-hydrogen) atoms. The van der Waals surface area contributed by atoms with Gasteiger partial charge >= 0.3 is 5.97 Å². The Labute approximate surface area is 202 Å². The number of benzene rings is 3. The van der Waals surface area contributed by atoms with E-state index >= 15 is 0 Å². The summed E-state index contributed by atoms with van der Waals surface area (Å²) in [6.45, 7) is 7.71. The Morgan fingerprint density at radius 2 is 1.58 bits per heavy atom. The van der Waals surface area contributed by atoms with Gasteiger partial charge in [0.2, 0.25) is 0 Å². The first-order valence-electron chi connectivity index (χ1n) is 11.7. The van der Waals surface area contributed by atoms with Crippen molar-refractivity contribution in [2.75, 3.05) is 18.0 Å². The molecular weight excluding hydrogens is 430 g/mol. The van der Waals surface area contributed by atoms with Gasteiger partial charge in [0.1, 0.15) is 5.60 Å². The zero-order chi connectivity index (χ0) is 23.4. The lowest BCUT2D eigenvalue weighted by molar-refractivity contribution is 0.00695. The predicted octanol–water partition coefficient (Wildman–Crippen LogP) is 7.42. The number of rotatable bonds is 5. The fourth-order valence-electron chi connectivity index (χ4n) is 4.46. The van der Waals surface area contributed by atoms with Crippen molar-refractivity contribution in [1.29, 1.82) is 0 Å². The van der Waals surface area contributed by atoms with Gasteiger partial charge in [0.25, 0.3) is 0 Å². The van der Waals surface area contributed by atoms with E-state index in [1.54, 1.807) is 0 Å². The Kier molecular flexibility index (Phi) is 7.09. The van der Waals surface area contributed by atoms with E-state index in [1.807, 2.05) is 57.2 Å². The van der Waals surface area contributed by atoms with Crippen molar-refractivity contribution in [3.05, 3.63) is 88.9 Å². The van der Waals surface area contributed by atoms with Gasteiger partial charge in [-0.1, -0.05) is 48.0 Å². The maximum atomic E-state index is 12.3. The van der Waals surface area contributed by atoms with Crippen LogP contribution in [0.5, 0.6) is 0 Å². The normalized spacial score (nSPS) is 14.8. The van der Waals surface area contributed by atoms with Crippen LogP contribution in [0.2, 0.25) is 5.02 Å². The minimum absolute atomic E-state index is 0.271. The molecule has 172 valence electrons. The van der Waals surface area contributed by atoms with Gasteiger partial charge in [-0.3, -0.25) is 0 Å². The van der Waals surface area contributed by atoms with Crippen molar-refractivity contribution >= 4 is 23.3 Å². The van der Waals surface area contributed by atoms with E-state index in [2.05, 4.69) is 41.3 Å². The summed E-state index contributed by atoms with van der Waals surface area (Å²) in [5.41, 5.74) is 5.21. The number of hydrogen-bond donors (Lipinski definition) is 0. The SMILES string of the molecule is CC(C)(C)OC(=O)c1ccc(N2CCC(Cc3ccccc3-c3ccc(Cl)cc3)CC2)cc1. The third-order valence-corrected chi connectivity index (χ3v) is 6.41. The van der Waals surface area contributed by atoms with Gasteiger partial charge in [0.15, 0.2) is 0 Å². The summed E-state index contributed by atoms with van der Waals surface area (Å²) in [6.07, 6.45) is 3.40. The smallest absolute Gasteiger partial charge is 0.338 e. The van der Waals surface area contributed by atoms with Gasteiger partial charge in [0.05, 0.1) is 5.56 Å². The van der Waals surface area contributed by atoms with Crippen LogP contribution in [0, 0.1) is 5.92 Å². The Morgan fingerprint density at radius 1 is 0.939 bits per heavy atom. The van der Waals surface area contributed by atoms with Crippen LogP contribution in [0.1, 0.15) is 49.5 Å². The van der Waals surface area contributed by atoms with Crippen molar-refractivity contribution < 1.29 is 9.53 Å². The molecule has 0 amide bonds. The zero-order valence-corrected chi connectivity index (χ0v) is 20.4. The largest absolute Gasteiger partial charge is 0.456 e. The summed E-state index contributed by atoms with van der Waals surface area (Å²) < 4.78 is 5.47. The van der Waals surface area contributed by atoms with Crippen molar-refractivity contribution in [3.63, 3.8) is 0 Å². The maximum absolute atomic E-state index is 12.3. The Balaban J connectivity index is 1.36. The van der Waals surface area contributed by atoms with E-state index in [-0.39, 0.29) is 5.97 Å². The number of halogens is 1. The van der Waals surface area contributed by atoms with Crippen LogP contribution in [0.15, 0.2) is 72.8 Å². The molecule has 1 aliphatic rings. The number of anilines is 1. The first-order chi connectivity index (χ1) is 15.8. The minimum Gasteiger partial charge on any atom is -0.456 e. The van der Waals surface area contributed by atoms with Gasteiger partial charge in [-0.15, -0.1) is 0 Å². The molecule has 0 radical (unpaired) electrons. The van der Waals surface area contributed by atoms with Crippen LogP contribution < -0.4 is 4.90 Å². The molecule has 0 atom stereocenters. The highest BCUT2D eigenvalue weighted by Crippen LogP contribution is 2.31. The third-order valence-electron chi connectivity index (χ3n) is 6.16. The number of nitrogens with zero attached hydrogens (tertiary/aromatic N) is 1. The molecule has 0 aliphatic carbocycles. The summed E-state index contributed by atoms with van der Waals surface area (Å²) >= 11 is 6.08. The molecule has 3 nitrogen and oxygen atoms in total. The summed E-state index contributed by atoms with van der Waals surface area (Å²) in [5.74, 6) is 0.392. The van der Waals surface area contributed by atoms with Crippen molar-refractivity contribution in [2.45, 2.75) is 45.6 Å². The average Bonchev–Trinajstić information content (AvgIpc) is 2.80. The van der Waals surface area contributed by atoms with Crippen LogP contribution >= 0.6 is 11.6 Å². The summed E-state index contributed by atoms with van der Waals surface area (Å²) in [5, 5.41) is 0.766. The molecule has 1 heterocycles. The Hall–Kier alpha value is -2.78. The lowest BCUT2D eigenvalue weighted by atomic mass is 9.87. The number of ether oxygens (including phenoxy) is 1. The van der Waals surface area contributed by atoms with Gasteiger partial charge < -0.3 is 9.64 Å². The number of piperidine rings is 1. The first kappa shape index (κ1) is 23.4. The monoisotopic (exact) mass is 461 g/mol. The minimum atomic E-state index is -0.482. The zero-order valence-electron chi connectivity index (χ0n) is 19.7. The van der Waals surface area contributed by atoms with E-state index < -0.39 is 5.60 Å². The molecule has 3 aromatic carbocycles. The highest BCUT2D eigenvalue weighted by molar-refractivity contribution is 6.30. The molecule has 0 N–H and O–H groups in total. The molecule has 0 spiro atoms. The predicted molar refractivity (Wildman–Crippen MR) is 137 cm³/mol. The second-order valence-electron chi connectivity index (χ2n) is 9.85. The first-order valence-corrected chi connectivity index (χ1v) is 12.1. The number of hydrogen-bond acceptors (Lipinski definition) is 3. The third kappa shape index (κ3) is 6.17. The molecule has 4 heteroatoms. The quantitative estimate of drug-likeness (QED) is 0.370. The fraction of sp³-hybridized carbons (Fsp3) is 0.345. The highest BCUT2D eigenvalue weighted by Gasteiger charge is 2.22. The Bertz CT molecular complexity index is 1080. The van der Waals surface area contributed by atoms with Crippen molar-refractivity contribution in [1.82, 2.24) is 0 Å². The molecule has 0 unspecified atom stereocenters. The topological polar surface area (TPSA) is 29.5 Å². The van der Waals surface area contributed by atoms with Crippen LogP contribution in [0.25, 0.3) is 11.1 Å². The van der Waals surface area contributed by atoms with Gasteiger partial charge in [-0.05, 0) is 99.0 Å². The number of carbonyl (C=O) groups excluding carboxylic acids is 1. The molecule has 1 saturated heterocycles. The van der Waals surface area contributed by atoms with Crippen molar-refractivity contribution in [2.24, 2.45) is 5.92 Å². The number of esters is 1. The van der Waals surface area contributed by atoms with E-state index in [9.17, 15) is 4.79 Å². The highest BCUT2D eigenvalue weighted by atomic mass is 35.5. The molecule has 4 rings (SSSR count). The second-order valence-corrected chi connectivity index (χ2v) is 10.3. The van der Waals surface area contributed by atoms with Crippen molar-refractivity contribution in [3.8, 4) is 11.1 Å². The molecule has 1 fully saturated rings. The summed E-state index contributed by atoms with van der Waals surface area (Å²) in [6, 6.07) is 24.6.